The molecule has 126 valence electrons. The maximum Gasteiger partial charge on any atom is 0.297 e. The SMILES string of the molecule is Cc1ccccc1-c1cc(NC(=O)C(=O)c2ccc(Cl)cc2)n(C)n1. The molecule has 0 atom stereocenters. The first kappa shape index (κ1) is 16.9. The van der Waals surface area contributed by atoms with Crippen LogP contribution < -0.4 is 5.32 Å². The number of aryl methyl sites for hydroxylation is 2. The van der Waals surface area contributed by atoms with E-state index in [9.17, 15) is 9.59 Å². The summed E-state index contributed by atoms with van der Waals surface area (Å²) in [6.45, 7) is 1.99. The minimum absolute atomic E-state index is 0.281. The first-order valence-electron chi connectivity index (χ1n) is 7.67. The Labute approximate surface area is 150 Å². The van der Waals surface area contributed by atoms with Gasteiger partial charge in [0, 0.05) is 29.3 Å². The van der Waals surface area contributed by atoms with Gasteiger partial charge < -0.3 is 5.32 Å². The summed E-state index contributed by atoms with van der Waals surface area (Å²) < 4.78 is 1.54. The number of benzene rings is 2. The molecule has 1 heterocycles. The molecule has 0 radical (unpaired) electrons. The van der Waals surface area contributed by atoms with Gasteiger partial charge in [-0.15, -0.1) is 0 Å². The molecule has 3 rings (SSSR count). The molecule has 0 aliphatic rings. The monoisotopic (exact) mass is 353 g/mol. The Morgan fingerprint density at radius 1 is 1.08 bits per heavy atom. The quantitative estimate of drug-likeness (QED) is 0.572. The molecule has 0 bridgehead atoms. The smallest absolute Gasteiger partial charge is 0.297 e. The van der Waals surface area contributed by atoms with E-state index in [1.54, 1.807) is 25.2 Å². The predicted octanol–water partition coefficient (Wildman–Crippen LogP) is 3.87. The maximum absolute atomic E-state index is 12.2. The van der Waals surface area contributed by atoms with Gasteiger partial charge in [0.25, 0.3) is 11.7 Å². The summed E-state index contributed by atoms with van der Waals surface area (Å²) in [6.07, 6.45) is 0. The van der Waals surface area contributed by atoms with Crippen molar-refractivity contribution in [3.05, 3.63) is 70.7 Å². The molecule has 3 aromatic rings. The molecule has 5 nitrogen and oxygen atoms in total. The lowest BCUT2D eigenvalue weighted by Crippen LogP contribution is -2.24. The molecule has 1 N–H and O–H groups in total. The number of anilines is 1. The van der Waals surface area contributed by atoms with Crippen molar-refractivity contribution in [2.24, 2.45) is 7.05 Å². The molecule has 0 spiro atoms. The number of carbonyl (C=O) groups excluding carboxylic acids is 2. The van der Waals surface area contributed by atoms with E-state index in [4.69, 9.17) is 11.6 Å². The van der Waals surface area contributed by atoms with E-state index < -0.39 is 11.7 Å². The zero-order valence-electron chi connectivity index (χ0n) is 13.8. The van der Waals surface area contributed by atoms with E-state index in [0.717, 1.165) is 16.8 Å². The Kier molecular flexibility index (Phi) is 4.67. The highest BCUT2D eigenvalue weighted by molar-refractivity contribution is 6.46. The summed E-state index contributed by atoms with van der Waals surface area (Å²) in [5.74, 6) is -0.900. The molecule has 0 saturated carbocycles. The largest absolute Gasteiger partial charge is 0.304 e. The summed E-state index contributed by atoms with van der Waals surface area (Å²) in [5, 5.41) is 7.53. The van der Waals surface area contributed by atoms with Gasteiger partial charge in [-0.1, -0.05) is 35.9 Å². The third-order valence-corrected chi connectivity index (χ3v) is 4.11. The summed E-state index contributed by atoms with van der Waals surface area (Å²) in [5.41, 5.74) is 3.07. The van der Waals surface area contributed by atoms with Crippen LogP contribution in [0.1, 0.15) is 15.9 Å². The number of nitrogens with one attached hydrogen (secondary N) is 1. The number of nitrogens with zero attached hydrogens (tertiary/aromatic N) is 2. The van der Waals surface area contributed by atoms with E-state index >= 15 is 0 Å². The lowest BCUT2D eigenvalue weighted by molar-refractivity contribution is -0.112. The second-order valence-corrected chi connectivity index (χ2v) is 6.08. The number of rotatable bonds is 4. The lowest BCUT2D eigenvalue weighted by Gasteiger charge is -2.04. The first-order valence-corrected chi connectivity index (χ1v) is 8.05. The first-order chi connectivity index (χ1) is 12.0. The molecular weight excluding hydrogens is 338 g/mol. The van der Waals surface area contributed by atoms with Crippen LogP contribution in [0.4, 0.5) is 5.82 Å². The maximum atomic E-state index is 12.2. The van der Waals surface area contributed by atoms with Gasteiger partial charge in [-0.3, -0.25) is 14.3 Å². The second-order valence-electron chi connectivity index (χ2n) is 5.64. The van der Waals surface area contributed by atoms with Crippen molar-refractivity contribution in [1.29, 1.82) is 0 Å². The fraction of sp³-hybridized carbons (Fsp3) is 0.105. The minimum atomic E-state index is -0.721. The highest BCUT2D eigenvalue weighted by Crippen LogP contribution is 2.24. The van der Waals surface area contributed by atoms with Crippen LogP contribution in [0.5, 0.6) is 0 Å². The molecule has 0 aliphatic heterocycles. The van der Waals surface area contributed by atoms with Gasteiger partial charge in [0.2, 0.25) is 0 Å². The molecule has 6 heteroatoms. The third kappa shape index (κ3) is 3.61. The van der Waals surface area contributed by atoms with Crippen LogP contribution in [0.2, 0.25) is 5.02 Å². The lowest BCUT2D eigenvalue weighted by atomic mass is 10.1. The van der Waals surface area contributed by atoms with Crippen molar-refractivity contribution >= 4 is 29.1 Å². The van der Waals surface area contributed by atoms with Crippen molar-refractivity contribution in [2.45, 2.75) is 6.92 Å². The fourth-order valence-corrected chi connectivity index (χ4v) is 2.61. The second kappa shape index (κ2) is 6.91. The standard InChI is InChI=1S/C19H16ClN3O2/c1-12-5-3-4-6-15(12)16-11-17(23(2)22-16)21-19(25)18(24)13-7-9-14(20)10-8-13/h3-11H,1-2H3,(H,21,25). The number of hydrogen-bond donors (Lipinski definition) is 1. The van der Waals surface area contributed by atoms with Crippen LogP contribution in [0.3, 0.4) is 0 Å². The van der Waals surface area contributed by atoms with Gasteiger partial charge in [0.05, 0.1) is 5.69 Å². The van der Waals surface area contributed by atoms with Crippen LogP contribution in [-0.4, -0.2) is 21.5 Å². The van der Waals surface area contributed by atoms with Crippen molar-refractivity contribution < 1.29 is 9.59 Å². The molecule has 1 amide bonds. The van der Waals surface area contributed by atoms with E-state index in [2.05, 4.69) is 10.4 Å². The number of Topliss-reactive ketones (excluding diaryl/α,β-unsaturated/α-hetero) is 1. The number of halogens is 1. The van der Waals surface area contributed by atoms with E-state index in [0.29, 0.717) is 10.8 Å². The Bertz CT molecular complexity index is 946. The van der Waals surface area contributed by atoms with Gasteiger partial charge in [0.15, 0.2) is 0 Å². The molecule has 0 unspecified atom stereocenters. The average molecular weight is 354 g/mol. The van der Waals surface area contributed by atoms with E-state index in [-0.39, 0.29) is 5.56 Å². The normalized spacial score (nSPS) is 10.5. The Morgan fingerprint density at radius 2 is 1.76 bits per heavy atom. The van der Waals surface area contributed by atoms with Gasteiger partial charge in [-0.2, -0.15) is 5.10 Å². The molecule has 25 heavy (non-hydrogen) atoms. The van der Waals surface area contributed by atoms with Gasteiger partial charge in [0.1, 0.15) is 5.82 Å². The van der Waals surface area contributed by atoms with Gasteiger partial charge in [-0.05, 0) is 36.8 Å². The number of ketones is 1. The topological polar surface area (TPSA) is 64.0 Å². The fourth-order valence-electron chi connectivity index (χ4n) is 2.48. The van der Waals surface area contributed by atoms with Crippen LogP contribution >= 0.6 is 11.6 Å². The molecule has 0 aliphatic carbocycles. The molecule has 2 aromatic carbocycles. The zero-order chi connectivity index (χ0) is 18.0. The summed E-state index contributed by atoms with van der Waals surface area (Å²) in [6, 6.07) is 15.8. The minimum Gasteiger partial charge on any atom is -0.304 e. The Morgan fingerprint density at radius 3 is 2.44 bits per heavy atom. The average Bonchev–Trinajstić information content (AvgIpc) is 2.95. The van der Waals surface area contributed by atoms with Crippen LogP contribution in [-0.2, 0) is 11.8 Å². The molecule has 1 aromatic heterocycles. The van der Waals surface area contributed by atoms with Crippen molar-refractivity contribution in [3.63, 3.8) is 0 Å². The molecule has 0 saturated heterocycles. The third-order valence-electron chi connectivity index (χ3n) is 3.86. The number of aromatic nitrogens is 2. The van der Waals surface area contributed by atoms with Crippen molar-refractivity contribution in [1.82, 2.24) is 9.78 Å². The summed E-state index contributed by atoms with van der Waals surface area (Å²) in [7, 11) is 1.71. The number of carbonyl (C=O) groups is 2. The highest BCUT2D eigenvalue weighted by atomic mass is 35.5. The van der Waals surface area contributed by atoms with Crippen LogP contribution in [0, 0.1) is 6.92 Å². The van der Waals surface area contributed by atoms with Gasteiger partial charge in [-0.25, -0.2) is 0 Å². The van der Waals surface area contributed by atoms with Gasteiger partial charge >= 0.3 is 0 Å². The van der Waals surface area contributed by atoms with Crippen molar-refractivity contribution in [3.8, 4) is 11.3 Å². The summed E-state index contributed by atoms with van der Waals surface area (Å²) in [4.78, 5) is 24.4. The predicted molar refractivity (Wildman–Crippen MR) is 97.8 cm³/mol. The summed E-state index contributed by atoms with van der Waals surface area (Å²) >= 11 is 5.80. The van der Waals surface area contributed by atoms with Crippen molar-refractivity contribution in [2.75, 3.05) is 5.32 Å². The number of amides is 1. The van der Waals surface area contributed by atoms with Crippen LogP contribution in [0.15, 0.2) is 54.6 Å². The number of hydrogen-bond acceptors (Lipinski definition) is 3. The van der Waals surface area contributed by atoms with Crippen LogP contribution in [0.25, 0.3) is 11.3 Å². The van der Waals surface area contributed by atoms with E-state index in [1.165, 1.54) is 16.8 Å². The Hall–Kier alpha value is -2.92. The zero-order valence-corrected chi connectivity index (χ0v) is 14.5. The van der Waals surface area contributed by atoms with E-state index in [1.807, 2.05) is 31.2 Å². The highest BCUT2D eigenvalue weighted by Gasteiger charge is 2.18. The Balaban J connectivity index is 1.81. The molecule has 0 fully saturated rings. The molecular formula is C19H16ClN3O2.